The molecule has 0 radical (unpaired) electrons. The van der Waals surface area contributed by atoms with E-state index >= 15 is 0 Å². The SMILES string of the molecule is CC(Nc1nc(C(F)(F)F)nc2c1cnn2-c1cccc(Cl)c1)C(=O)O. The fourth-order valence-electron chi connectivity index (χ4n) is 2.21. The highest BCUT2D eigenvalue weighted by Gasteiger charge is 2.36. The summed E-state index contributed by atoms with van der Waals surface area (Å²) in [5, 5.41) is 16.0. The van der Waals surface area contributed by atoms with E-state index in [1.165, 1.54) is 23.9 Å². The molecule has 0 aliphatic rings. The Kier molecular flexibility index (Phi) is 4.45. The number of halogens is 4. The Morgan fingerprint density at radius 3 is 2.69 bits per heavy atom. The predicted octanol–water partition coefficient (Wildman–Crippen LogP) is 3.37. The summed E-state index contributed by atoms with van der Waals surface area (Å²) in [5.74, 6) is -2.92. The molecule has 0 aliphatic heterocycles. The molecule has 2 aromatic heterocycles. The van der Waals surface area contributed by atoms with E-state index in [1.54, 1.807) is 18.2 Å². The number of hydrogen-bond donors (Lipinski definition) is 2. The lowest BCUT2D eigenvalue weighted by molar-refractivity contribution is -0.144. The summed E-state index contributed by atoms with van der Waals surface area (Å²) in [5.41, 5.74) is 0.270. The van der Waals surface area contributed by atoms with Crippen molar-refractivity contribution < 1.29 is 23.1 Å². The van der Waals surface area contributed by atoms with Crippen LogP contribution in [0.4, 0.5) is 19.0 Å². The lowest BCUT2D eigenvalue weighted by Crippen LogP contribution is -2.26. The molecule has 1 unspecified atom stereocenters. The average molecular weight is 386 g/mol. The van der Waals surface area contributed by atoms with Gasteiger partial charge in [0.2, 0.25) is 5.82 Å². The minimum atomic E-state index is -4.82. The topological polar surface area (TPSA) is 92.9 Å². The minimum absolute atomic E-state index is 0.130. The molecular formula is C15H11ClF3N5O2. The number of carboxylic acids is 1. The first-order valence-corrected chi connectivity index (χ1v) is 7.63. The third-order valence-electron chi connectivity index (χ3n) is 3.46. The van der Waals surface area contributed by atoms with Crippen molar-refractivity contribution in [2.45, 2.75) is 19.1 Å². The van der Waals surface area contributed by atoms with Gasteiger partial charge in [0.05, 0.1) is 17.3 Å². The molecule has 3 aromatic rings. The Labute approximate surface area is 149 Å². The van der Waals surface area contributed by atoms with Crippen molar-refractivity contribution >= 4 is 34.4 Å². The molecule has 0 fully saturated rings. The van der Waals surface area contributed by atoms with Gasteiger partial charge in [-0.25, -0.2) is 14.6 Å². The maximum atomic E-state index is 13.2. The van der Waals surface area contributed by atoms with Gasteiger partial charge in [-0.15, -0.1) is 0 Å². The molecule has 2 heterocycles. The molecule has 26 heavy (non-hydrogen) atoms. The number of nitrogens with zero attached hydrogens (tertiary/aromatic N) is 4. The van der Waals surface area contributed by atoms with Gasteiger partial charge in [-0.05, 0) is 25.1 Å². The number of rotatable bonds is 4. The van der Waals surface area contributed by atoms with Crippen LogP contribution in [0.3, 0.4) is 0 Å². The second-order valence-electron chi connectivity index (χ2n) is 5.37. The van der Waals surface area contributed by atoms with Crippen molar-refractivity contribution in [2.75, 3.05) is 5.32 Å². The van der Waals surface area contributed by atoms with Gasteiger partial charge in [-0.3, -0.25) is 4.79 Å². The van der Waals surface area contributed by atoms with Crippen molar-refractivity contribution in [1.82, 2.24) is 19.7 Å². The zero-order valence-corrected chi connectivity index (χ0v) is 13.9. The summed E-state index contributed by atoms with van der Waals surface area (Å²) in [7, 11) is 0. The zero-order valence-electron chi connectivity index (χ0n) is 13.1. The third kappa shape index (κ3) is 3.40. The Hall–Kier alpha value is -2.88. The maximum absolute atomic E-state index is 13.2. The normalized spacial score (nSPS) is 13.0. The Morgan fingerprint density at radius 2 is 2.08 bits per heavy atom. The highest BCUT2D eigenvalue weighted by molar-refractivity contribution is 6.30. The summed E-state index contributed by atoms with van der Waals surface area (Å²) in [6.45, 7) is 1.28. The van der Waals surface area contributed by atoms with Crippen LogP contribution in [-0.4, -0.2) is 36.9 Å². The summed E-state index contributed by atoms with van der Waals surface area (Å²) in [6.07, 6.45) is -3.56. The number of anilines is 1. The molecule has 3 rings (SSSR count). The Morgan fingerprint density at radius 1 is 1.35 bits per heavy atom. The second-order valence-corrected chi connectivity index (χ2v) is 5.81. The van der Waals surface area contributed by atoms with Gasteiger partial charge in [-0.1, -0.05) is 17.7 Å². The summed E-state index contributed by atoms with van der Waals surface area (Å²) in [6, 6.07) is 5.16. The molecule has 1 atom stereocenters. The van der Waals surface area contributed by atoms with Crippen LogP contribution in [0.15, 0.2) is 30.5 Å². The predicted molar refractivity (Wildman–Crippen MR) is 87.4 cm³/mol. The van der Waals surface area contributed by atoms with E-state index < -0.39 is 24.0 Å². The van der Waals surface area contributed by atoms with Gasteiger partial charge < -0.3 is 10.4 Å². The first-order valence-electron chi connectivity index (χ1n) is 7.25. The fraction of sp³-hybridized carbons (Fsp3) is 0.200. The van der Waals surface area contributed by atoms with E-state index in [2.05, 4.69) is 20.4 Å². The van der Waals surface area contributed by atoms with Gasteiger partial charge >= 0.3 is 12.1 Å². The first kappa shape index (κ1) is 17.9. The number of hydrogen-bond acceptors (Lipinski definition) is 5. The first-order chi connectivity index (χ1) is 12.2. The molecule has 7 nitrogen and oxygen atoms in total. The number of fused-ring (bicyclic) bond motifs is 1. The van der Waals surface area contributed by atoms with E-state index in [-0.39, 0.29) is 16.9 Å². The Balaban J connectivity index is 2.23. The second kappa shape index (κ2) is 6.45. The van der Waals surface area contributed by atoms with Crippen LogP contribution in [0.25, 0.3) is 16.7 Å². The molecule has 0 spiro atoms. The number of aromatic nitrogens is 4. The smallest absolute Gasteiger partial charge is 0.451 e. The molecule has 0 saturated heterocycles. The standard InChI is InChI=1S/C15H11ClF3N5O2/c1-7(13(25)26)21-11-10-6-20-24(9-4-2-3-8(16)5-9)12(10)23-14(22-11)15(17,18)19/h2-7H,1H3,(H,25,26)(H,21,22,23). The lowest BCUT2D eigenvalue weighted by atomic mass is 10.3. The highest BCUT2D eigenvalue weighted by Crippen LogP contribution is 2.31. The van der Waals surface area contributed by atoms with Crippen LogP contribution < -0.4 is 5.32 Å². The van der Waals surface area contributed by atoms with Crippen LogP contribution >= 0.6 is 11.6 Å². The molecule has 0 amide bonds. The average Bonchev–Trinajstić information content (AvgIpc) is 2.98. The quantitative estimate of drug-likeness (QED) is 0.715. The molecule has 0 saturated carbocycles. The van der Waals surface area contributed by atoms with Crippen LogP contribution in [0.5, 0.6) is 0 Å². The van der Waals surface area contributed by atoms with Gasteiger partial charge in [0.25, 0.3) is 0 Å². The monoisotopic (exact) mass is 385 g/mol. The number of benzene rings is 1. The largest absolute Gasteiger partial charge is 0.480 e. The molecule has 11 heteroatoms. The van der Waals surface area contributed by atoms with E-state index in [4.69, 9.17) is 16.7 Å². The molecule has 1 aromatic carbocycles. The molecule has 136 valence electrons. The number of carboxylic acid groups (broad SMARTS) is 1. The van der Waals surface area contributed by atoms with Crippen molar-refractivity contribution in [3.8, 4) is 5.69 Å². The fourth-order valence-corrected chi connectivity index (χ4v) is 2.39. The zero-order chi connectivity index (χ0) is 19.1. The molecule has 2 N–H and O–H groups in total. The number of alkyl halides is 3. The van der Waals surface area contributed by atoms with Crippen molar-refractivity contribution in [3.05, 3.63) is 41.3 Å². The molecule has 0 aliphatic carbocycles. The Bertz CT molecular complexity index is 989. The molecular weight excluding hydrogens is 375 g/mol. The van der Waals surface area contributed by atoms with E-state index in [1.807, 2.05) is 0 Å². The number of nitrogens with one attached hydrogen (secondary N) is 1. The summed E-state index contributed by atoms with van der Waals surface area (Å²) >= 11 is 5.92. The van der Waals surface area contributed by atoms with Crippen LogP contribution in [0.1, 0.15) is 12.7 Å². The van der Waals surface area contributed by atoms with Gasteiger partial charge in [0.1, 0.15) is 11.9 Å². The minimum Gasteiger partial charge on any atom is -0.480 e. The number of aliphatic carboxylic acids is 1. The maximum Gasteiger partial charge on any atom is 0.451 e. The van der Waals surface area contributed by atoms with Crippen LogP contribution in [-0.2, 0) is 11.0 Å². The summed E-state index contributed by atoms with van der Waals surface area (Å²) in [4.78, 5) is 18.0. The summed E-state index contributed by atoms with van der Waals surface area (Å²) < 4.78 is 40.7. The van der Waals surface area contributed by atoms with Crippen molar-refractivity contribution in [2.24, 2.45) is 0 Å². The van der Waals surface area contributed by atoms with Crippen LogP contribution in [0, 0.1) is 0 Å². The van der Waals surface area contributed by atoms with Crippen LogP contribution in [0.2, 0.25) is 5.02 Å². The number of carbonyl (C=O) groups is 1. The van der Waals surface area contributed by atoms with Crippen molar-refractivity contribution in [3.63, 3.8) is 0 Å². The van der Waals surface area contributed by atoms with E-state index in [0.717, 1.165) is 0 Å². The lowest BCUT2D eigenvalue weighted by Gasteiger charge is -2.13. The van der Waals surface area contributed by atoms with Gasteiger partial charge in [0.15, 0.2) is 5.65 Å². The van der Waals surface area contributed by atoms with E-state index in [9.17, 15) is 18.0 Å². The highest BCUT2D eigenvalue weighted by atomic mass is 35.5. The van der Waals surface area contributed by atoms with Gasteiger partial charge in [0, 0.05) is 5.02 Å². The van der Waals surface area contributed by atoms with E-state index in [0.29, 0.717) is 10.7 Å². The molecule has 0 bridgehead atoms. The van der Waals surface area contributed by atoms with Gasteiger partial charge in [-0.2, -0.15) is 18.3 Å². The third-order valence-corrected chi connectivity index (χ3v) is 3.69. The van der Waals surface area contributed by atoms with Crippen molar-refractivity contribution in [1.29, 1.82) is 0 Å².